The first kappa shape index (κ1) is 17.2. The van der Waals surface area contributed by atoms with E-state index in [0.29, 0.717) is 11.9 Å². The molecule has 1 unspecified atom stereocenters. The topological polar surface area (TPSA) is 42.9 Å². The van der Waals surface area contributed by atoms with E-state index in [4.69, 9.17) is 0 Å². The van der Waals surface area contributed by atoms with E-state index < -0.39 is 0 Å². The molecule has 0 N–H and O–H groups in total. The van der Waals surface area contributed by atoms with Gasteiger partial charge in [-0.3, -0.25) is 9.78 Å². The Bertz CT molecular complexity index is 540. The van der Waals surface area contributed by atoms with E-state index in [2.05, 4.69) is 45.6 Å². The second-order valence-corrected chi connectivity index (χ2v) is 7.25. The van der Waals surface area contributed by atoms with Crippen molar-refractivity contribution in [3.8, 4) is 0 Å². The lowest BCUT2D eigenvalue weighted by atomic mass is 10.1. The zero-order valence-electron chi connectivity index (χ0n) is 15.1. The van der Waals surface area contributed by atoms with Gasteiger partial charge in [0.2, 0.25) is 5.91 Å². The number of nitrogens with zero attached hydrogens (tertiary/aromatic N) is 5. The molecule has 0 aliphatic carbocycles. The van der Waals surface area contributed by atoms with E-state index in [1.165, 1.54) is 5.69 Å². The third-order valence-corrected chi connectivity index (χ3v) is 5.21. The molecule has 6 nitrogen and oxygen atoms in total. The number of aromatic nitrogens is 1. The Morgan fingerprint density at radius 2 is 1.62 bits per heavy atom. The smallest absolute Gasteiger partial charge is 0.228 e. The molecule has 3 rings (SSSR count). The van der Waals surface area contributed by atoms with Crippen molar-refractivity contribution in [1.82, 2.24) is 19.7 Å². The molecule has 1 atom stereocenters. The van der Waals surface area contributed by atoms with Crippen molar-refractivity contribution < 1.29 is 4.79 Å². The molecule has 6 heteroatoms. The molecule has 0 spiro atoms. The molecule has 0 saturated carbocycles. The van der Waals surface area contributed by atoms with E-state index in [9.17, 15) is 4.79 Å². The summed E-state index contributed by atoms with van der Waals surface area (Å²) in [5.41, 5.74) is 1.19. The maximum Gasteiger partial charge on any atom is 0.228 e. The summed E-state index contributed by atoms with van der Waals surface area (Å²) in [5.74, 6) is 0.402. The van der Waals surface area contributed by atoms with Gasteiger partial charge in [-0.25, -0.2) is 0 Å². The molecular weight excluding hydrogens is 302 g/mol. The summed E-state index contributed by atoms with van der Waals surface area (Å²) < 4.78 is 0. The third-order valence-electron chi connectivity index (χ3n) is 5.21. The first-order chi connectivity index (χ1) is 11.5. The van der Waals surface area contributed by atoms with Gasteiger partial charge in [0, 0.05) is 69.9 Å². The second-order valence-electron chi connectivity index (χ2n) is 7.25. The van der Waals surface area contributed by atoms with Crippen molar-refractivity contribution in [3.05, 3.63) is 24.5 Å². The molecule has 2 fully saturated rings. The number of hydrogen-bond donors (Lipinski definition) is 0. The minimum atomic E-state index is 0.0853. The molecule has 2 saturated heterocycles. The van der Waals surface area contributed by atoms with Gasteiger partial charge in [-0.1, -0.05) is 0 Å². The molecule has 2 aliphatic heterocycles. The van der Waals surface area contributed by atoms with Gasteiger partial charge in [0.05, 0.1) is 5.92 Å². The van der Waals surface area contributed by atoms with Crippen LogP contribution >= 0.6 is 0 Å². The lowest BCUT2D eigenvalue weighted by Crippen LogP contribution is -2.56. The Morgan fingerprint density at radius 1 is 1.00 bits per heavy atom. The Labute approximate surface area is 145 Å². The van der Waals surface area contributed by atoms with Gasteiger partial charge in [0.1, 0.15) is 0 Å². The SMILES string of the molecule is CC1CN(C(=O)C2CN(C)CCN(C)C2)CCN1c1ccncc1. The fourth-order valence-electron chi connectivity index (χ4n) is 3.83. The van der Waals surface area contributed by atoms with Crippen LogP contribution in [0.4, 0.5) is 5.69 Å². The molecule has 0 bridgehead atoms. The lowest BCUT2D eigenvalue weighted by Gasteiger charge is -2.42. The van der Waals surface area contributed by atoms with Crippen molar-refractivity contribution in [2.75, 3.05) is 64.8 Å². The van der Waals surface area contributed by atoms with E-state index in [1.54, 1.807) is 0 Å². The minimum Gasteiger partial charge on any atom is -0.365 e. The molecule has 1 aromatic heterocycles. The maximum absolute atomic E-state index is 13.0. The standard InChI is InChI=1S/C18H29N5O/c1-15-12-22(10-11-23(15)17-4-6-19-7-5-17)18(24)16-13-20(2)8-9-21(3)14-16/h4-7,15-16H,8-14H2,1-3H3. The van der Waals surface area contributed by atoms with Crippen LogP contribution in [0, 0.1) is 5.92 Å². The minimum absolute atomic E-state index is 0.0853. The van der Waals surface area contributed by atoms with Crippen LogP contribution in [0.25, 0.3) is 0 Å². The zero-order valence-corrected chi connectivity index (χ0v) is 15.1. The molecule has 24 heavy (non-hydrogen) atoms. The lowest BCUT2D eigenvalue weighted by molar-refractivity contribution is -0.137. The van der Waals surface area contributed by atoms with Gasteiger partial charge in [-0.05, 0) is 33.2 Å². The Balaban J connectivity index is 1.63. The molecular formula is C18H29N5O. The summed E-state index contributed by atoms with van der Waals surface area (Å²) in [7, 11) is 4.23. The van der Waals surface area contributed by atoms with E-state index in [-0.39, 0.29) is 5.92 Å². The van der Waals surface area contributed by atoms with E-state index in [0.717, 1.165) is 45.8 Å². The average molecular weight is 331 g/mol. The van der Waals surface area contributed by atoms with Crippen LogP contribution in [0.5, 0.6) is 0 Å². The molecule has 1 aromatic rings. The van der Waals surface area contributed by atoms with E-state index >= 15 is 0 Å². The Hall–Kier alpha value is -1.66. The van der Waals surface area contributed by atoms with Crippen molar-refractivity contribution in [2.24, 2.45) is 5.92 Å². The summed E-state index contributed by atoms with van der Waals surface area (Å²) in [5, 5.41) is 0. The number of carbonyl (C=O) groups excluding carboxylic acids is 1. The monoisotopic (exact) mass is 331 g/mol. The fraction of sp³-hybridized carbons (Fsp3) is 0.667. The van der Waals surface area contributed by atoms with Gasteiger partial charge in [0.15, 0.2) is 0 Å². The fourth-order valence-corrected chi connectivity index (χ4v) is 3.83. The van der Waals surface area contributed by atoms with Crippen molar-refractivity contribution in [2.45, 2.75) is 13.0 Å². The summed E-state index contributed by atoms with van der Waals surface area (Å²) >= 11 is 0. The maximum atomic E-state index is 13.0. The number of anilines is 1. The number of hydrogen-bond acceptors (Lipinski definition) is 5. The number of likely N-dealkylation sites (N-methyl/N-ethyl adjacent to an activating group) is 2. The van der Waals surface area contributed by atoms with Gasteiger partial charge in [-0.15, -0.1) is 0 Å². The molecule has 3 heterocycles. The zero-order chi connectivity index (χ0) is 17.1. The van der Waals surface area contributed by atoms with Crippen LogP contribution in [-0.2, 0) is 4.79 Å². The highest BCUT2D eigenvalue weighted by Gasteiger charge is 2.32. The number of piperazine rings is 1. The normalized spacial score (nSPS) is 24.9. The predicted molar refractivity (Wildman–Crippen MR) is 96.1 cm³/mol. The van der Waals surface area contributed by atoms with Crippen LogP contribution in [0.2, 0.25) is 0 Å². The van der Waals surface area contributed by atoms with Gasteiger partial charge in [0.25, 0.3) is 0 Å². The Morgan fingerprint density at radius 3 is 2.21 bits per heavy atom. The summed E-state index contributed by atoms with van der Waals surface area (Å²) in [6.45, 7) is 8.48. The number of amides is 1. The molecule has 2 aliphatic rings. The molecule has 1 amide bonds. The van der Waals surface area contributed by atoms with E-state index in [1.807, 2.05) is 24.5 Å². The van der Waals surface area contributed by atoms with Gasteiger partial charge < -0.3 is 19.6 Å². The Kier molecular flexibility index (Phi) is 5.36. The molecule has 0 radical (unpaired) electrons. The highest BCUT2D eigenvalue weighted by Crippen LogP contribution is 2.21. The van der Waals surface area contributed by atoms with Crippen molar-refractivity contribution in [1.29, 1.82) is 0 Å². The number of rotatable bonds is 2. The van der Waals surface area contributed by atoms with Gasteiger partial charge in [-0.2, -0.15) is 0 Å². The largest absolute Gasteiger partial charge is 0.365 e. The van der Waals surface area contributed by atoms with Crippen molar-refractivity contribution >= 4 is 11.6 Å². The van der Waals surface area contributed by atoms with Crippen LogP contribution in [0.3, 0.4) is 0 Å². The van der Waals surface area contributed by atoms with Crippen molar-refractivity contribution in [3.63, 3.8) is 0 Å². The third kappa shape index (κ3) is 3.87. The number of carbonyl (C=O) groups is 1. The average Bonchev–Trinajstić information content (AvgIpc) is 2.76. The number of pyridine rings is 1. The highest BCUT2D eigenvalue weighted by molar-refractivity contribution is 5.79. The second kappa shape index (κ2) is 7.49. The molecule has 0 aromatic carbocycles. The first-order valence-electron chi connectivity index (χ1n) is 8.87. The summed E-state index contributed by atoms with van der Waals surface area (Å²) in [4.78, 5) is 26.1. The quantitative estimate of drug-likeness (QED) is 0.794. The van der Waals surface area contributed by atoms with Gasteiger partial charge >= 0.3 is 0 Å². The van der Waals surface area contributed by atoms with Crippen LogP contribution < -0.4 is 4.90 Å². The first-order valence-corrected chi connectivity index (χ1v) is 8.87. The van der Waals surface area contributed by atoms with Crippen LogP contribution in [0.1, 0.15) is 6.92 Å². The van der Waals surface area contributed by atoms with Crippen LogP contribution in [0.15, 0.2) is 24.5 Å². The predicted octanol–water partition coefficient (Wildman–Crippen LogP) is 0.612. The molecule has 132 valence electrons. The van der Waals surface area contributed by atoms with Crippen LogP contribution in [-0.4, -0.2) is 91.5 Å². The summed E-state index contributed by atoms with van der Waals surface area (Å²) in [6.07, 6.45) is 3.66. The summed E-state index contributed by atoms with van der Waals surface area (Å²) in [6, 6.07) is 4.41. The highest BCUT2D eigenvalue weighted by atomic mass is 16.2.